The van der Waals surface area contributed by atoms with Gasteiger partial charge in [0.1, 0.15) is 11.8 Å². The fourth-order valence-corrected chi connectivity index (χ4v) is 2.62. The zero-order chi connectivity index (χ0) is 16.4. The number of nitrogens with zero attached hydrogens (tertiary/aromatic N) is 4. The molecule has 4 heteroatoms. The van der Waals surface area contributed by atoms with Crippen LogP contribution in [-0.2, 0) is 0 Å². The molecule has 0 aliphatic carbocycles. The molecule has 3 aromatic rings. The molecule has 0 saturated heterocycles. The summed E-state index contributed by atoms with van der Waals surface area (Å²) >= 11 is 0. The summed E-state index contributed by atoms with van der Waals surface area (Å²) in [6, 6.07) is 18.3. The van der Waals surface area contributed by atoms with E-state index in [0.29, 0.717) is 11.6 Å². The number of aryl methyl sites for hydroxylation is 1. The first-order valence-corrected chi connectivity index (χ1v) is 7.64. The minimum absolute atomic E-state index is 0.340. The standard InChI is InChI=1S/C19H18N4/c1-13(2)15-8-10-16(11-9-15)23-19(18(12-20)21-22-23)17-7-5-4-6-14(17)3/h4-11,13H,1-3H3. The third-order valence-electron chi connectivity index (χ3n) is 3.98. The van der Waals surface area contributed by atoms with Gasteiger partial charge in [0.15, 0.2) is 5.69 Å². The lowest BCUT2D eigenvalue weighted by molar-refractivity contribution is 0.803. The molecule has 1 aromatic heterocycles. The van der Waals surface area contributed by atoms with Crippen molar-refractivity contribution < 1.29 is 0 Å². The van der Waals surface area contributed by atoms with Crippen LogP contribution < -0.4 is 0 Å². The van der Waals surface area contributed by atoms with Crippen molar-refractivity contribution in [1.82, 2.24) is 15.0 Å². The Balaban J connectivity index is 2.16. The van der Waals surface area contributed by atoms with E-state index >= 15 is 0 Å². The van der Waals surface area contributed by atoms with E-state index < -0.39 is 0 Å². The monoisotopic (exact) mass is 302 g/mol. The second-order valence-corrected chi connectivity index (χ2v) is 5.87. The van der Waals surface area contributed by atoms with Crippen molar-refractivity contribution in [2.75, 3.05) is 0 Å². The Hall–Kier alpha value is -2.93. The Morgan fingerprint density at radius 3 is 2.35 bits per heavy atom. The summed E-state index contributed by atoms with van der Waals surface area (Å²) in [5, 5.41) is 17.6. The molecule has 114 valence electrons. The minimum Gasteiger partial charge on any atom is -0.211 e. The van der Waals surface area contributed by atoms with Gasteiger partial charge in [-0.25, -0.2) is 4.68 Å². The van der Waals surface area contributed by atoms with Gasteiger partial charge in [0.25, 0.3) is 0 Å². The molecule has 0 bridgehead atoms. The van der Waals surface area contributed by atoms with Crippen LogP contribution >= 0.6 is 0 Å². The van der Waals surface area contributed by atoms with Crippen molar-refractivity contribution in [3.05, 3.63) is 65.4 Å². The first kappa shape index (κ1) is 15.0. The van der Waals surface area contributed by atoms with Gasteiger partial charge in [-0.2, -0.15) is 5.26 Å². The van der Waals surface area contributed by atoms with Gasteiger partial charge < -0.3 is 0 Å². The lowest BCUT2D eigenvalue weighted by atomic mass is 10.0. The maximum atomic E-state index is 9.38. The Morgan fingerprint density at radius 2 is 1.74 bits per heavy atom. The van der Waals surface area contributed by atoms with Gasteiger partial charge >= 0.3 is 0 Å². The fraction of sp³-hybridized carbons (Fsp3) is 0.211. The van der Waals surface area contributed by atoms with Crippen molar-refractivity contribution in [1.29, 1.82) is 5.26 Å². The number of nitriles is 1. The van der Waals surface area contributed by atoms with Gasteiger partial charge in [0.05, 0.1) is 5.69 Å². The molecule has 0 aliphatic rings. The molecule has 0 amide bonds. The first-order chi connectivity index (χ1) is 11.1. The summed E-state index contributed by atoms with van der Waals surface area (Å²) in [5.41, 5.74) is 5.32. The highest BCUT2D eigenvalue weighted by Crippen LogP contribution is 2.28. The summed E-state index contributed by atoms with van der Waals surface area (Å²) in [7, 11) is 0. The van der Waals surface area contributed by atoms with E-state index in [0.717, 1.165) is 22.5 Å². The third-order valence-corrected chi connectivity index (χ3v) is 3.98. The second-order valence-electron chi connectivity index (χ2n) is 5.87. The highest BCUT2D eigenvalue weighted by Gasteiger charge is 2.17. The minimum atomic E-state index is 0.340. The Morgan fingerprint density at radius 1 is 1.04 bits per heavy atom. The normalized spacial score (nSPS) is 10.7. The number of hydrogen-bond donors (Lipinski definition) is 0. The average molecular weight is 302 g/mol. The van der Waals surface area contributed by atoms with E-state index in [9.17, 15) is 5.26 Å². The molecule has 0 atom stereocenters. The highest BCUT2D eigenvalue weighted by atomic mass is 15.4. The molecular weight excluding hydrogens is 284 g/mol. The Bertz CT molecular complexity index is 867. The fourth-order valence-electron chi connectivity index (χ4n) is 2.62. The number of hydrogen-bond acceptors (Lipinski definition) is 3. The number of rotatable bonds is 3. The molecule has 23 heavy (non-hydrogen) atoms. The van der Waals surface area contributed by atoms with Crippen LogP contribution in [0.3, 0.4) is 0 Å². The number of benzene rings is 2. The predicted octanol–water partition coefficient (Wildman–Crippen LogP) is 4.24. The maximum Gasteiger partial charge on any atom is 0.191 e. The lowest BCUT2D eigenvalue weighted by Crippen LogP contribution is -2.01. The van der Waals surface area contributed by atoms with Crippen molar-refractivity contribution in [3.8, 4) is 23.0 Å². The summed E-state index contributed by atoms with van der Waals surface area (Å²) in [5.74, 6) is 0.477. The van der Waals surface area contributed by atoms with Gasteiger partial charge in [-0.15, -0.1) is 5.10 Å². The van der Waals surface area contributed by atoms with Crippen LogP contribution in [0.15, 0.2) is 48.5 Å². The van der Waals surface area contributed by atoms with Gasteiger partial charge in [-0.3, -0.25) is 0 Å². The van der Waals surface area contributed by atoms with Crippen LogP contribution in [0, 0.1) is 18.3 Å². The van der Waals surface area contributed by atoms with Crippen molar-refractivity contribution in [2.24, 2.45) is 0 Å². The average Bonchev–Trinajstić information content (AvgIpc) is 2.99. The summed E-state index contributed by atoms with van der Waals surface area (Å²) < 4.78 is 1.74. The molecule has 0 fully saturated rings. The zero-order valence-electron chi connectivity index (χ0n) is 13.5. The molecule has 0 aliphatic heterocycles. The quantitative estimate of drug-likeness (QED) is 0.727. The first-order valence-electron chi connectivity index (χ1n) is 7.64. The zero-order valence-corrected chi connectivity index (χ0v) is 13.5. The summed E-state index contributed by atoms with van der Waals surface area (Å²) in [6.45, 7) is 6.35. The SMILES string of the molecule is Cc1ccccc1-c1c(C#N)nnn1-c1ccc(C(C)C)cc1. The predicted molar refractivity (Wildman–Crippen MR) is 90.3 cm³/mol. The molecule has 1 heterocycles. The molecule has 0 spiro atoms. The lowest BCUT2D eigenvalue weighted by Gasteiger charge is -2.11. The third kappa shape index (κ3) is 2.74. The van der Waals surface area contributed by atoms with E-state index in [1.807, 2.05) is 43.3 Å². The van der Waals surface area contributed by atoms with Crippen molar-refractivity contribution in [3.63, 3.8) is 0 Å². The van der Waals surface area contributed by atoms with Crippen LogP contribution in [0.4, 0.5) is 0 Å². The largest absolute Gasteiger partial charge is 0.211 e. The van der Waals surface area contributed by atoms with E-state index in [1.165, 1.54) is 5.56 Å². The second kappa shape index (κ2) is 6.05. The summed E-state index contributed by atoms with van der Waals surface area (Å²) in [4.78, 5) is 0. The van der Waals surface area contributed by atoms with Gasteiger partial charge in [0, 0.05) is 5.56 Å². The van der Waals surface area contributed by atoms with E-state index in [1.54, 1.807) is 4.68 Å². The van der Waals surface area contributed by atoms with E-state index in [2.05, 4.69) is 42.4 Å². The van der Waals surface area contributed by atoms with Crippen LogP contribution in [0.25, 0.3) is 16.9 Å². The topological polar surface area (TPSA) is 54.5 Å². The van der Waals surface area contributed by atoms with E-state index in [4.69, 9.17) is 0 Å². The number of aromatic nitrogens is 3. The Kier molecular flexibility index (Phi) is 3.94. The van der Waals surface area contributed by atoms with Crippen molar-refractivity contribution >= 4 is 0 Å². The van der Waals surface area contributed by atoms with Gasteiger partial charge in [0.2, 0.25) is 0 Å². The Labute approximate surface area is 136 Å². The molecule has 0 N–H and O–H groups in total. The van der Waals surface area contributed by atoms with Crippen LogP contribution in [0.2, 0.25) is 0 Å². The molecular formula is C19H18N4. The molecule has 0 unspecified atom stereocenters. The summed E-state index contributed by atoms with van der Waals surface area (Å²) in [6.07, 6.45) is 0. The molecule has 4 nitrogen and oxygen atoms in total. The van der Waals surface area contributed by atoms with Crippen LogP contribution in [0.1, 0.15) is 36.6 Å². The van der Waals surface area contributed by atoms with Crippen LogP contribution in [0.5, 0.6) is 0 Å². The molecule has 0 radical (unpaired) electrons. The van der Waals surface area contributed by atoms with Crippen LogP contribution in [-0.4, -0.2) is 15.0 Å². The molecule has 2 aromatic carbocycles. The smallest absolute Gasteiger partial charge is 0.191 e. The van der Waals surface area contributed by atoms with E-state index in [-0.39, 0.29) is 0 Å². The van der Waals surface area contributed by atoms with Gasteiger partial charge in [-0.1, -0.05) is 55.5 Å². The highest BCUT2D eigenvalue weighted by molar-refractivity contribution is 5.70. The maximum absolute atomic E-state index is 9.38. The molecule has 3 rings (SSSR count). The molecule has 0 saturated carbocycles. The van der Waals surface area contributed by atoms with Gasteiger partial charge in [-0.05, 0) is 36.1 Å². The van der Waals surface area contributed by atoms with Crippen molar-refractivity contribution in [2.45, 2.75) is 26.7 Å².